The number of rotatable bonds is 7. The SMILES string of the molecule is CN=C(NCc1sc(C)nc1C)NCC1CCN(Cc2ccc(OC)cc2)CC1.I. The number of piperidine rings is 1. The van der Waals surface area contributed by atoms with Gasteiger partial charge in [-0.25, -0.2) is 4.98 Å². The normalized spacial score (nSPS) is 15.5. The molecule has 0 radical (unpaired) electrons. The van der Waals surface area contributed by atoms with Gasteiger partial charge in [0.2, 0.25) is 0 Å². The van der Waals surface area contributed by atoms with Gasteiger partial charge < -0.3 is 15.4 Å². The molecule has 1 aromatic carbocycles. The van der Waals surface area contributed by atoms with E-state index < -0.39 is 0 Å². The number of hydrogen-bond acceptors (Lipinski definition) is 5. The zero-order chi connectivity index (χ0) is 20.6. The predicted molar refractivity (Wildman–Crippen MR) is 136 cm³/mol. The number of halogens is 1. The molecule has 8 heteroatoms. The number of aryl methyl sites for hydroxylation is 2. The molecule has 166 valence electrons. The van der Waals surface area contributed by atoms with Crippen LogP contribution < -0.4 is 15.4 Å². The van der Waals surface area contributed by atoms with Gasteiger partial charge in [0.05, 0.1) is 24.4 Å². The van der Waals surface area contributed by atoms with Gasteiger partial charge in [-0.3, -0.25) is 9.89 Å². The quantitative estimate of drug-likeness (QED) is 0.315. The molecule has 0 aliphatic carbocycles. The Morgan fingerprint density at radius 3 is 2.47 bits per heavy atom. The summed E-state index contributed by atoms with van der Waals surface area (Å²) < 4.78 is 5.24. The number of nitrogens with one attached hydrogen (secondary N) is 2. The second kappa shape index (κ2) is 12.5. The molecule has 0 spiro atoms. The Kier molecular flexibility index (Phi) is 10.3. The van der Waals surface area contributed by atoms with Crippen LogP contribution >= 0.6 is 35.3 Å². The summed E-state index contributed by atoms with van der Waals surface area (Å²) in [6, 6.07) is 8.41. The molecule has 1 fully saturated rings. The van der Waals surface area contributed by atoms with E-state index in [1.807, 2.05) is 19.2 Å². The minimum absolute atomic E-state index is 0. The summed E-state index contributed by atoms with van der Waals surface area (Å²) in [5.41, 5.74) is 2.46. The van der Waals surface area contributed by atoms with Crippen LogP contribution in [0.1, 0.15) is 34.0 Å². The molecule has 2 heterocycles. The van der Waals surface area contributed by atoms with E-state index in [9.17, 15) is 0 Å². The largest absolute Gasteiger partial charge is 0.497 e. The van der Waals surface area contributed by atoms with Gasteiger partial charge in [0, 0.05) is 25.0 Å². The maximum Gasteiger partial charge on any atom is 0.191 e. The highest BCUT2D eigenvalue weighted by Gasteiger charge is 2.19. The molecule has 1 aliphatic rings. The van der Waals surface area contributed by atoms with Gasteiger partial charge in [-0.15, -0.1) is 35.3 Å². The van der Waals surface area contributed by atoms with E-state index >= 15 is 0 Å². The van der Waals surface area contributed by atoms with E-state index in [4.69, 9.17) is 4.74 Å². The van der Waals surface area contributed by atoms with Gasteiger partial charge in [0.1, 0.15) is 5.75 Å². The highest BCUT2D eigenvalue weighted by molar-refractivity contribution is 14.0. The zero-order valence-electron chi connectivity index (χ0n) is 18.4. The number of benzene rings is 1. The van der Waals surface area contributed by atoms with Crippen molar-refractivity contribution in [2.75, 3.05) is 33.8 Å². The van der Waals surface area contributed by atoms with Crippen LogP contribution in [0.15, 0.2) is 29.3 Å². The van der Waals surface area contributed by atoms with Crippen LogP contribution in [-0.2, 0) is 13.1 Å². The first kappa shape index (κ1) is 24.9. The summed E-state index contributed by atoms with van der Waals surface area (Å²) in [5, 5.41) is 8.04. The Morgan fingerprint density at radius 1 is 1.20 bits per heavy atom. The van der Waals surface area contributed by atoms with Crippen molar-refractivity contribution in [1.29, 1.82) is 0 Å². The maximum atomic E-state index is 5.24. The van der Waals surface area contributed by atoms with E-state index in [-0.39, 0.29) is 24.0 Å². The van der Waals surface area contributed by atoms with Crippen LogP contribution in [0.2, 0.25) is 0 Å². The maximum absolute atomic E-state index is 5.24. The first-order valence-corrected chi connectivity index (χ1v) is 11.1. The summed E-state index contributed by atoms with van der Waals surface area (Å²) in [5.74, 6) is 2.48. The van der Waals surface area contributed by atoms with E-state index in [0.717, 1.165) is 55.1 Å². The smallest absolute Gasteiger partial charge is 0.191 e. The standard InChI is InChI=1S/C22H33N5OS.HI/c1-16-21(29-17(2)26-16)14-25-22(23-3)24-13-18-9-11-27(12-10-18)15-19-5-7-20(28-4)8-6-19;/h5-8,18H,9-15H2,1-4H3,(H2,23,24,25);1H. The molecule has 1 aromatic heterocycles. The lowest BCUT2D eigenvalue weighted by atomic mass is 9.96. The van der Waals surface area contributed by atoms with E-state index in [0.29, 0.717) is 5.92 Å². The third-order valence-electron chi connectivity index (χ3n) is 5.47. The van der Waals surface area contributed by atoms with E-state index in [1.54, 1.807) is 18.4 Å². The number of ether oxygens (including phenoxy) is 1. The summed E-state index contributed by atoms with van der Waals surface area (Å²) in [4.78, 5) is 12.7. The third-order valence-corrected chi connectivity index (χ3v) is 6.54. The van der Waals surface area contributed by atoms with Crippen molar-refractivity contribution in [1.82, 2.24) is 20.5 Å². The van der Waals surface area contributed by atoms with Gasteiger partial charge in [-0.05, 0) is 63.4 Å². The Bertz CT molecular complexity index is 800. The predicted octanol–water partition coefficient (Wildman–Crippen LogP) is 3.96. The lowest BCUT2D eigenvalue weighted by molar-refractivity contribution is 0.178. The van der Waals surface area contributed by atoms with Crippen molar-refractivity contribution >= 4 is 41.3 Å². The molecule has 30 heavy (non-hydrogen) atoms. The number of aliphatic imine (C=N–C) groups is 1. The van der Waals surface area contributed by atoms with Gasteiger partial charge in [0.25, 0.3) is 0 Å². The average molecular weight is 544 g/mol. The van der Waals surface area contributed by atoms with Crippen molar-refractivity contribution in [3.63, 3.8) is 0 Å². The molecule has 2 aromatic rings. The second-order valence-corrected chi connectivity index (χ2v) is 8.90. The molecular formula is C22H34IN5OS. The highest BCUT2D eigenvalue weighted by Crippen LogP contribution is 2.20. The third kappa shape index (κ3) is 7.39. The second-order valence-electron chi connectivity index (χ2n) is 7.62. The molecule has 6 nitrogen and oxygen atoms in total. The first-order valence-electron chi connectivity index (χ1n) is 10.3. The van der Waals surface area contributed by atoms with Crippen LogP contribution in [0.5, 0.6) is 5.75 Å². The molecule has 0 saturated carbocycles. The minimum atomic E-state index is 0. The average Bonchev–Trinajstić information content (AvgIpc) is 3.07. The number of guanidine groups is 1. The van der Waals surface area contributed by atoms with Gasteiger partial charge >= 0.3 is 0 Å². The number of nitrogens with zero attached hydrogens (tertiary/aromatic N) is 3. The molecule has 3 rings (SSSR count). The fraction of sp³-hybridized carbons (Fsp3) is 0.545. The Hall–Kier alpha value is -1.39. The number of thiazole rings is 1. The van der Waals surface area contributed by atoms with Gasteiger partial charge in [-0.2, -0.15) is 0 Å². The Balaban J connectivity index is 0.00000320. The van der Waals surface area contributed by atoms with Gasteiger partial charge in [-0.1, -0.05) is 12.1 Å². The van der Waals surface area contributed by atoms with E-state index in [2.05, 4.69) is 51.5 Å². The Morgan fingerprint density at radius 2 is 1.90 bits per heavy atom. The molecule has 2 N–H and O–H groups in total. The topological polar surface area (TPSA) is 61.8 Å². The number of hydrogen-bond donors (Lipinski definition) is 2. The van der Waals surface area contributed by atoms with Crippen LogP contribution in [0.4, 0.5) is 0 Å². The highest BCUT2D eigenvalue weighted by atomic mass is 127. The minimum Gasteiger partial charge on any atom is -0.497 e. The van der Waals surface area contributed by atoms with Crippen molar-refractivity contribution in [2.45, 2.75) is 39.8 Å². The molecule has 1 saturated heterocycles. The lowest BCUT2D eigenvalue weighted by Crippen LogP contribution is -2.42. The molecule has 0 unspecified atom stereocenters. The van der Waals surface area contributed by atoms with Crippen LogP contribution in [0.25, 0.3) is 0 Å². The van der Waals surface area contributed by atoms with Crippen LogP contribution in [0.3, 0.4) is 0 Å². The monoisotopic (exact) mass is 543 g/mol. The van der Waals surface area contributed by atoms with Crippen molar-refractivity contribution in [2.24, 2.45) is 10.9 Å². The van der Waals surface area contributed by atoms with Crippen LogP contribution in [0, 0.1) is 19.8 Å². The van der Waals surface area contributed by atoms with Crippen molar-refractivity contribution < 1.29 is 4.74 Å². The summed E-state index contributed by atoms with van der Waals surface area (Å²) in [6.45, 7) is 9.16. The molecule has 0 bridgehead atoms. The number of methoxy groups -OCH3 is 1. The van der Waals surface area contributed by atoms with Crippen molar-refractivity contribution in [3.05, 3.63) is 45.4 Å². The fourth-order valence-corrected chi connectivity index (χ4v) is 4.58. The molecule has 0 atom stereocenters. The van der Waals surface area contributed by atoms with E-state index in [1.165, 1.54) is 23.3 Å². The van der Waals surface area contributed by atoms with Crippen molar-refractivity contribution in [3.8, 4) is 5.75 Å². The fourth-order valence-electron chi connectivity index (χ4n) is 3.70. The number of aromatic nitrogens is 1. The number of likely N-dealkylation sites (tertiary alicyclic amines) is 1. The zero-order valence-corrected chi connectivity index (χ0v) is 21.5. The summed E-state index contributed by atoms with van der Waals surface area (Å²) in [6.07, 6.45) is 2.43. The van der Waals surface area contributed by atoms with Crippen LogP contribution in [-0.4, -0.2) is 49.6 Å². The first-order chi connectivity index (χ1) is 14.1. The Labute approximate surface area is 201 Å². The van der Waals surface area contributed by atoms with Gasteiger partial charge in [0.15, 0.2) is 5.96 Å². The lowest BCUT2D eigenvalue weighted by Gasteiger charge is -2.32. The summed E-state index contributed by atoms with van der Waals surface area (Å²) in [7, 11) is 3.54. The summed E-state index contributed by atoms with van der Waals surface area (Å²) >= 11 is 1.75. The molecule has 0 amide bonds. The molecular weight excluding hydrogens is 509 g/mol. The molecule has 1 aliphatic heterocycles.